The third kappa shape index (κ3) is 3.50. The van der Waals surface area contributed by atoms with Crippen LogP contribution in [0.4, 0.5) is 0 Å². The van der Waals surface area contributed by atoms with E-state index in [0.717, 1.165) is 31.7 Å². The topological polar surface area (TPSA) is 21.3 Å². The highest BCUT2D eigenvalue weighted by Crippen LogP contribution is 2.32. The summed E-state index contributed by atoms with van der Waals surface area (Å²) in [5.74, 6) is 1.67. The molecule has 0 aromatic heterocycles. The van der Waals surface area contributed by atoms with E-state index in [-0.39, 0.29) is 5.54 Å². The molecule has 1 heterocycles. The lowest BCUT2D eigenvalue weighted by Gasteiger charge is -2.34. The predicted molar refractivity (Wildman–Crippen MR) is 80.7 cm³/mol. The molecular formula is C17H27NO. The summed E-state index contributed by atoms with van der Waals surface area (Å²) >= 11 is 0. The Morgan fingerprint density at radius 2 is 2.21 bits per heavy atom. The molecule has 0 amide bonds. The SMILES string of the molecule is CCCOc1cccc(CC2(C(C)C)CCCN2)c1. The van der Waals surface area contributed by atoms with Crippen LogP contribution in [0.2, 0.25) is 0 Å². The van der Waals surface area contributed by atoms with Gasteiger partial charge < -0.3 is 10.1 Å². The fourth-order valence-electron chi connectivity index (χ4n) is 3.01. The van der Waals surface area contributed by atoms with Gasteiger partial charge in [-0.2, -0.15) is 0 Å². The normalized spacial score (nSPS) is 22.9. The molecule has 1 unspecified atom stereocenters. The number of hydrogen-bond donors (Lipinski definition) is 1. The van der Waals surface area contributed by atoms with E-state index in [1.807, 2.05) is 0 Å². The predicted octanol–water partition coefficient (Wildman–Crippen LogP) is 3.80. The van der Waals surface area contributed by atoms with Crippen LogP contribution in [-0.4, -0.2) is 18.7 Å². The van der Waals surface area contributed by atoms with Gasteiger partial charge in [-0.25, -0.2) is 0 Å². The molecule has 1 fully saturated rings. The van der Waals surface area contributed by atoms with E-state index in [0.29, 0.717) is 5.92 Å². The molecule has 1 aromatic carbocycles. The zero-order valence-corrected chi connectivity index (χ0v) is 12.5. The van der Waals surface area contributed by atoms with E-state index in [1.54, 1.807) is 0 Å². The summed E-state index contributed by atoms with van der Waals surface area (Å²) in [5, 5.41) is 3.74. The van der Waals surface area contributed by atoms with Crippen molar-refractivity contribution < 1.29 is 4.74 Å². The van der Waals surface area contributed by atoms with Crippen molar-refractivity contribution in [3.8, 4) is 5.75 Å². The third-order valence-electron chi connectivity index (χ3n) is 4.27. The Bertz CT molecular complexity index is 394. The van der Waals surface area contributed by atoms with Gasteiger partial charge in [-0.3, -0.25) is 0 Å². The van der Waals surface area contributed by atoms with Crippen LogP contribution in [-0.2, 0) is 6.42 Å². The summed E-state index contributed by atoms with van der Waals surface area (Å²) in [4.78, 5) is 0. The average molecular weight is 261 g/mol. The van der Waals surface area contributed by atoms with Gasteiger partial charge in [0.1, 0.15) is 5.75 Å². The van der Waals surface area contributed by atoms with Gasteiger partial charge in [0.15, 0.2) is 0 Å². The minimum atomic E-state index is 0.281. The van der Waals surface area contributed by atoms with Crippen molar-refractivity contribution in [3.05, 3.63) is 29.8 Å². The van der Waals surface area contributed by atoms with Crippen LogP contribution in [0.5, 0.6) is 5.75 Å². The van der Waals surface area contributed by atoms with Gasteiger partial charge in [0.2, 0.25) is 0 Å². The van der Waals surface area contributed by atoms with Crippen molar-refractivity contribution in [1.29, 1.82) is 0 Å². The van der Waals surface area contributed by atoms with Crippen molar-refractivity contribution >= 4 is 0 Å². The van der Waals surface area contributed by atoms with Gasteiger partial charge in [0, 0.05) is 5.54 Å². The first-order chi connectivity index (χ1) is 9.16. The molecule has 1 aliphatic rings. The Morgan fingerprint density at radius 1 is 1.37 bits per heavy atom. The molecule has 0 bridgehead atoms. The second-order valence-corrected chi connectivity index (χ2v) is 6.01. The maximum absolute atomic E-state index is 5.73. The van der Waals surface area contributed by atoms with E-state index in [2.05, 4.69) is 50.4 Å². The van der Waals surface area contributed by atoms with Gasteiger partial charge in [-0.05, 0) is 55.8 Å². The standard InChI is InChI=1S/C17H27NO/c1-4-11-19-16-8-5-7-15(12-16)13-17(14(2)3)9-6-10-18-17/h5,7-8,12,14,18H,4,6,9-11,13H2,1-3H3. The van der Waals surface area contributed by atoms with Gasteiger partial charge in [-0.15, -0.1) is 0 Å². The first-order valence-corrected chi connectivity index (χ1v) is 7.63. The van der Waals surface area contributed by atoms with Crippen molar-refractivity contribution in [2.24, 2.45) is 5.92 Å². The Morgan fingerprint density at radius 3 is 2.84 bits per heavy atom. The van der Waals surface area contributed by atoms with Gasteiger partial charge >= 0.3 is 0 Å². The van der Waals surface area contributed by atoms with Gasteiger partial charge in [0.25, 0.3) is 0 Å². The lowest BCUT2D eigenvalue weighted by atomic mass is 9.80. The van der Waals surface area contributed by atoms with Crippen LogP contribution in [0.25, 0.3) is 0 Å². The number of hydrogen-bond acceptors (Lipinski definition) is 2. The monoisotopic (exact) mass is 261 g/mol. The van der Waals surface area contributed by atoms with Crippen LogP contribution in [0.15, 0.2) is 24.3 Å². The Kier molecular flexibility index (Phi) is 4.87. The molecule has 2 rings (SSSR count). The van der Waals surface area contributed by atoms with Crippen LogP contribution >= 0.6 is 0 Å². The zero-order valence-electron chi connectivity index (χ0n) is 12.5. The van der Waals surface area contributed by atoms with Crippen LogP contribution in [0.3, 0.4) is 0 Å². The molecule has 2 heteroatoms. The third-order valence-corrected chi connectivity index (χ3v) is 4.27. The van der Waals surface area contributed by atoms with Gasteiger partial charge in [0.05, 0.1) is 6.61 Å². The lowest BCUT2D eigenvalue weighted by Crippen LogP contribution is -2.46. The number of nitrogens with one attached hydrogen (secondary N) is 1. The Labute approximate surface area is 117 Å². The fourth-order valence-corrected chi connectivity index (χ4v) is 3.01. The highest BCUT2D eigenvalue weighted by molar-refractivity contribution is 5.30. The summed E-state index contributed by atoms with van der Waals surface area (Å²) in [6.07, 6.45) is 4.74. The molecule has 19 heavy (non-hydrogen) atoms. The van der Waals surface area contributed by atoms with E-state index >= 15 is 0 Å². The second-order valence-electron chi connectivity index (χ2n) is 6.01. The maximum atomic E-state index is 5.73. The number of rotatable bonds is 6. The van der Waals surface area contributed by atoms with Crippen LogP contribution < -0.4 is 10.1 Å². The average Bonchev–Trinajstić information content (AvgIpc) is 2.87. The van der Waals surface area contributed by atoms with Crippen molar-refractivity contribution in [3.63, 3.8) is 0 Å². The lowest BCUT2D eigenvalue weighted by molar-refractivity contribution is 0.268. The van der Waals surface area contributed by atoms with Crippen molar-refractivity contribution in [2.45, 2.75) is 52.0 Å². The van der Waals surface area contributed by atoms with E-state index in [9.17, 15) is 0 Å². The van der Waals surface area contributed by atoms with Crippen LogP contribution in [0, 0.1) is 5.92 Å². The highest BCUT2D eigenvalue weighted by Gasteiger charge is 2.36. The molecule has 0 spiro atoms. The largest absolute Gasteiger partial charge is 0.494 e. The summed E-state index contributed by atoms with van der Waals surface area (Å²) in [5.41, 5.74) is 1.67. The summed E-state index contributed by atoms with van der Waals surface area (Å²) < 4.78 is 5.73. The van der Waals surface area contributed by atoms with Crippen molar-refractivity contribution in [1.82, 2.24) is 5.32 Å². The van der Waals surface area contributed by atoms with Gasteiger partial charge in [-0.1, -0.05) is 32.9 Å². The van der Waals surface area contributed by atoms with E-state index < -0.39 is 0 Å². The molecule has 2 nitrogen and oxygen atoms in total. The number of benzene rings is 1. The first kappa shape index (κ1) is 14.4. The quantitative estimate of drug-likeness (QED) is 0.841. The van der Waals surface area contributed by atoms with E-state index in [1.165, 1.54) is 18.4 Å². The molecule has 0 radical (unpaired) electrons. The maximum Gasteiger partial charge on any atom is 0.119 e. The molecule has 0 saturated carbocycles. The second kappa shape index (κ2) is 6.42. The fraction of sp³-hybridized carbons (Fsp3) is 0.647. The van der Waals surface area contributed by atoms with E-state index in [4.69, 9.17) is 4.74 Å². The minimum absolute atomic E-state index is 0.281. The molecule has 0 aliphatic carbocycles. The number of ether oxygens (including phenoxy) is 1. The van der Waals surface area contributed by atoms with Crippen molar-refractivity contribution in [2.75, 3.05) is 13.2 Å². The summed E-state index contributed by atoms with van der Waals surface area (Å²) in [6, 6.07) is 8.61. The molecular weight excluding hydrogens is 234 g/mol. The highest BCUT2D eigenvalue weighted by atomic mass is 16.5. The molecule has 1 aromatic rings. The van der Waals surface area contributed by atoms with Crippen LogP contribution in [0.1, 0.15) is 45.6 Å². The Hall–Kier alpha value is -1.02. The zero-order chi connectivity index (χ0) is 13.7. The molecule has 1 atom stereocenters. The minimum Gasteiger partial charge on any atom is -0.494 e. The molecule has 1 aliphatic heterocycles. The molecule has 1 N–H and O–H groups in total. The first-order valence-electron chi connectivity index (χ1n) is 7.63. The smallest absolute Gasteiger partial charge is 0.119 e. The molecule has 1 saturated heterocycles. The Balaban J connectivity index is 2.09. The summed E-state index contributed by atoms with van der Waals surface area (Å²) in [6.45, 7) is 8.76. The molecule has 106 valence electrons. The summed E-state index contributed by atoms with van der Waals surface area (Å²) in [7, 11) is 0.